The first kappa shape index (κ1) is 9.18. The number of aryl methyl sites for hydroxylation is 1. The van der Waals surface area contributed by atoms with Crippen LogP contribution in [0.5, 0.6) is 0 Å². The highest BCUT2D eigenvalue weighted by Gasteiger charge is 2.06. The van der Waals surface area contributed by atoms with E-state index in [4.69, 9.17) is 4.52 Å². The molecule has 2 rings (SSSR count). The zero-order valence-electron chi connectivity index (χ0n) is 8.29. The van der Waals surface area contributed by atoms with Crippen LogP contribution in [0.25, 0.3) is 0 Å². The fourth-order valence-electron chi connectivity index (χ4n) is 1.43. The number of hydrogen-bond donors (Lipinski definition) is 1. The first-order valence-electron chi connectivity index (χ1n) is 4.91. The number of aliphatic imine (C=N–C) groups is 1. The Kier molecular flexibility index (Phi) is 2.76. The zero-order valence-corrected chi connectivity index (χ0v) is 8.29. The summed E-state index contributed by atoms with van der Waals surface area (Å²) in [6, 6.07) is 0. The lowest BCUT2D eigenvalue weighted by molar-refractivity contribution is 0.371. The Bertz CT molecular complexity index is 331. The van der Waals surface area contributed by atoms with Crippen LogP contribution in [0, 0.1) is 6.92 Å². The molecule has 1 aromatic heterocycles. The van der Waals surface area contributed by atoms with Crippen LogP contribution in [0.2, 0.25) is 0 Å². The number of nitrogens with one attached hydrogen (secondary N) is 1. The summed E-state index contributed by atoms with van der Waals surface area (Å²) in [5.74, 6) is 2.36. The maximum absolute atomic E-state index is 4.98. The normalized spacial score (nSPS) is 16.5. The third kappa shape index (κ3) is 2.31. The summed E-state index contributed by atoms with van der Waals surface area (Å²) in [6.45, 7) is 3.33. The van der Waals surface area contributed by atoms with Crippen molar-refractivity contribution in [2.24, 2.45) is 4.99 Å². The molecule has 0 radical (unpaired) electrons. The maximum atomic E-state index is 4.98. The molecule has 2 heterocycles. The molecule has 0 saturated carbocycles. The van der Waals surface area contributed by atoms with E-state index in [1.165, 1.54) is 12.8 Å². The molecule has 0 bridgehead atoms. The van der Waals surface area contributed by atoms with Gasteiger partial charge in [0.25, 0.3) is 0 Å². The Morgan fingerprint density at radius 3 is 3.00 bits per heavy atom. The molecular formula is C9H14N4O. The molecule has 1 N–H and O–H groups in total. The van der Waals surface area contributed by atoms with Gasteiger partial charge < -0.3 is 9.84 Å². The molecule has 0 fully saturated rings. The third-order valence-corrected chi connectivity index (χ3v) is 2.14. The monoisotopic (exact) mass is 194 g/mol. The zero-order chi connectivity index (χ0) is 9.80. The predicted octanol–water partition coefficient (Wildman–Crippen LogP) is 1.05. The molecule has 0 saturated heterocycles. The number of rotatable bonds is 2. The Morgan fingerprint density at radius 1 is 1.43 bits per heavy atom. The van der Waals surface area contributed by atoms with E-state index in [1.54, 1.807) is 0 Å². The van der Waals surface area contributed by atoms with Crippen LogP contribution in [-0.4, -0.2) is 22.5 Å². The Labute approximate surface area is 82.6 Å². The number of aromatic nitrogens is 2. The van der Waals surface area contributed by atoms with E-state index in [0.29, 0.717) is 18.3 Å². The van der Waals surface area contributed by atoms with Gasteiger partial charge in [-0.15, -0.1) is 0 Å². The van der Waals surface area contributed by atoms with Crippen molar-refractivity contribution < 1.29 is 4.52 Å². The molecule has 0 aliphatic carbocycles. The first-order chi connectivity index (χ1) is 6.84. The first-order valence-corrected chi connectivity index (χ1v) is 4.91. The van der Waals surface area contributed by atoms with Gasteiger partial charge in [-0.1, -0.05) is 5.16 Å². The quantitative estimate of drug-likeness (QED) is 0.764. The fourth-order valence-corrected chi connectivity index (χ4v) is 1.43. The molecular weight excluding hydrogens is 180 g/mol. The minimum absolute atomic E-state index is 0.583. The van der Waals surface area contributed by atoms with E-state index in [0.717, 1.165) is 18.8 Å². The number of hydrogen-bond acceptors (Lipinski definition) is 5. The van der Waals surface area contributed by atoms with Crippen molar-refractivity contribution in [3.8, 4) is 0 Å². The van der Waals surface area contributed by atoms with Crippen molar-refractivity contribution in [3.63, 3.8) is 0 Å². The summed E-state index contributed by atoms with van der Waals surface area (Å²) < 4.78 is 4.98. The van der Waals surface area contributed by atoms with E-state index < -0.39 is 0 Å². The molecule has 1 aliphatic heterocycles. The van der Waals surface area contributed by atoms with Crippen LogP contribution < -0.4 is 5.32 Å². The highest BCUT2D eigenvalue weighted by atomic mass is 16.5. The van der Waals surface area contributed by atoms with Crippen LogP contribution in [-0.2, 0) is 6.54 Å². The summed E-state index contributed by atoms with van der Waals surface area (Å²) in [5.41, 5.74) is 0. The lowest BCUT2D eigenvalue weighted by atomic mass is 10.2. The lowest BCUT2D eigenvalue weighted by Crippen LogP contribution is -2.25. The van der Waals surface area contributed by atoms with Gasteiger partial charge >= 0.3 is 0 Å². The molecule has 76 valence electrons. The van der Waals surface area contributed by atoms with Crippen molar-refractivity contribution in [2.45, 2.75) is 32.7 Å². The van der Waals surface area contributed by atoms with Gasteiger partial charge in [0, 0.05) is 13.0 Å². The summed E-state index contributed by atoms with van der Waals surface area (Å²) in [6.07, 6.45) is 3.45. The molecule has 0 unspecified atom stereocenters. The standard InChI is InChI=1S/C9H14N4O/c1-7-12-9(14-13-7)6-11-8-4-2-3-5-10-8/h2-6H2,1H3,(H,10,11). The topological polar surface area (TPSA) is 63.3 Å². The highest BCUT2D eigenvalue weighted by Crippen LogP contribution is 2.04. The average molecular weight is 194 g/mol. The number of amidine groups is 1. The van der Waals surface area contributed by atoms with Crippen LogP contribution in [0.4, 0.5) is 0 Å². The molecule has 0 spiro atoms. The minimum atomic E-state index is 0.583. The summed E-state index contributed by atoms with van der Waals surface area (Å²) in [4.78, 5) is 8.47. The van der Waals surface area contributed by atoms with E-state index in [-0.39, 0.29) is 0 Å². The van der Waals surface area contributed by atoms with Crippen LogP contribution >= 0.6 is 0 Å². The van der Waals surface area contributed by atoms with E-state index in [9.17, 15) is 0 Å². The van der Waals surface area contributed by atoms with Crippen molar-refractivity contribution in [1.29, 1.82) is 0 Å². The van der Waals surface area contributed by atoms with E-state index in [2.05, 4.69) is 20.4 Å². The van der Waals surface area contributed by atoms with Gasteiger partial charge in [0.05, 0.1) is 12.4 Å². The lowest BCUT2D eigenvalue weighted by Gasteiger charge is -2.11. The molecule has 1 aromatic rings. The molecule has 0 atom stereocenters. The summed E-state index contributed by atoms with van der Waals surface area (Å²) in [5, 5.41) is 6.92. The Hall–Kier alpha value is -1.39. The van der Waals surface area contributed by atoms with E-state index >= 15 is 0 Å². The SMILES string of the molecule is Cc1noc(CNC2=NCCCC2)n1. The van der Waals surface area contributed by atoms with Gasteiger partial charge in [-0.2, -0.15) is 4.98 Å². The largest absolute Gasteiger partial charge is 0.365 e. The summed E-state index contributed by atoms with van der Waals surface area (Å²) in [7, 11) is 0. The highest BCUT2D eigenvalue weighted by molar-refractivity contribution is 5.82. The molecule has 5 nitrogen and oxygen atoms in total. The van der Waals surface area contributed by atoms with Gasteiger partial charge in [-0.3, -0.25) is 4.99 Å². The van der Waals surface area contributed by atoms with Crippen molar-refractivity contribution in [3.05, 3.63) is 11.7 Å². The van der Waals surface area contributed by atoms with Crippen LogP contribution in [0.1, 0.15) is 31.0 Å². The maximum Gasteiger partial charge on any atom is 0.245 e. The van der Waals surface area contributed by atoms with Gasteiger partial charge in [-0.25, -0.2) is 0 Å². The van der Waals surface area contributed by atoms with Crippen molar-refractivity contribution in [2.75, 3.05) is 6.54 Å². The van der Waals surface area contributed by atoms with Gasteiger partial charge in [0.2, 0.25) is 5.89 Å². The fraction of sp³-hybridized carbons (Fsp3) is 0.667. The molecule has 5 heteroatoms. The third-order valence-electron chi connectivity index (χ3n) is 2.14. The smallest absolute Gasteiger partial charge is 0.245 e. The molecule has 1 aliphatic rings. The van der Waals surface area contributed by atoms with Gasteiger partial charge in [-0.05, 0) is 19.8 Å². The van der Waals surface area contributed by atoms with Gasteiger partial charge in [0.15, 0.2) is 5.82 Å². The molecule has 0 aromatic carbocycles. The average Bonchev–Trinajstić information content (AvgIpc) is 2.63. The second-order valence-electron chi connectivity index (χ2n) is 3.37. The Morgan fingerprint density at radius 2 is 2.36 bits per heavy atom. The number of nitrogens with zero attached hydrogens (tertiary/aromatic N) is 3. The second-order valence-corrected chi connectivity index (χ2v) is 3.37. The second kappa shape index (κ2) is 4.21. The predicted molar refractivity (Wildman–Crippen MR) is 52.0 cm³/mol. The van der Waals surface area contributed by atoms with Crippen molar-refractivity contribution >= 4 is 5.84 Å². The van der Waals surface area contributed by atoms with Crippen LogP contribution in [0.15, 0.2) is 9.52 Å². The molecule has 0 amide bonds. The van der Waals surface area contributed by atoms with Crippen molar-refractivity contribution in [1.82, 2.24) is 15.5 Å². The summed E-state index contributed by atoms with van der Waals surface area (Å²) >= 11 is 0. The Balaban J connectivity index is 1.84. The van der Waals surface area contributed by atoms with Gasteiger partial charge in [0.1, 0.15) is 0 Å². The molecule has 14 heavy (non-hydrogen) atoms. The van der Waals surface area contributed by atoms with Crippen LogP contribution in [0.3, 0.4) is 0 Å². The minimum Gasteiger partial charge on any atom is -0.365 e. The van der Waals surface area contributed by atoms with E-state index in [1.807, 2.05) is 6.92 Å².